The summed E-state index contributed by atoms with van der Waals surface area (Å²) in [4.78, 5) is 19.4. The second kappa shape index (κ2) is 21.2. The van der Waals surface area contributed by atoms with Gasteiger partial charge >= 0.3 is 5.97 Å². The van der Waals surface area contributed by atoms with Crippen LogP contribution in [0.4, 0.5) is 0 Å². The van der Waals surface area contributed by atoms with Gasteiger partial charge in [-0.3, -0.25) is 9.59 Å². The zero-order valence-electron chi connectivity index (χ0n) is 12.0. The zero-order chi connectivity index (χ0) is 14.8. The molecule has 0 spiro atoms. The van der Waals surface area contributed by atoms with E-state index >= 15 is 0 Å². The van der Waals surface area contributed by atoms with Crippen molar-refractivity contribution in [2.75, 3.05) is 33.5 Å². The molecule has 0 aliphatic rings. The van der Waals surface area contributed by atoms with Gasteiger partial charge < -0.3 is 19.3 Å². The fourth-order valence-corrected chi connectivity index (χ4v) is 0.606. The van der Waals surface area contributed by atoms with Gasteiger partial charge in [-0.05, 0) is 20.8 Å². The largest absolute Gasteiger partial charge is 0.481 e. The molecular weight excluding hydrogens is 240 g/mol. The maximum absolute atomic E-state index is 10.4. The number of carboxylic acid groups (broad SMARTS) is 1. The highest BCUT2D eigenvalue weighted by Gasteiger charge is 1.96. The summed E-state index contributed by atoms with van der Waals surface area (Å²) in [7, 11) is 1.37. The standard InChI is InChI=1S/C6H12O3.C4H10O.C2H4O2/c1-3-9-5-4-6(7)8-2;1-3-5-4-2;1-2(3)4/h3-5H2,1-2H3;3-4H2,1-2H3;1H3,(H,3,4). The molecule has 110 valence electrons. The van der Waals surface area contributed by atoms with Gasteiger partial charge in [-0.2, -0.15) is 0 Å². The van der Waals surface area contributed by atoms with Crippen molar-refractivity contribution >= 4 is 11.9 Å². The topological polar surface area (TPSA) is 82.1 Å². The molecule has 0 aromatic rings. The van der Waals surface area contributed by atoms with Crippen molar-refractivity contribution in [1.82, 2.24) is 0 Å². The van der Waals surface area contributed by atoms with Gasteiger partial charge in [0.2, 0.25) is 0 Å². The third-order valence-electron chi connectivity index (χ3n) is 1.29. The first-order valence-corrected chi connectivity index (χ1v) is 5.87. The van der Waals surface area contributed by atoms with Gasteiger partial charge in [0.1, 0.15) is 0 Å². The summed E-state index contributed by atoms with van der Waals surface area (Å²) in [5.74, 6) is -1.05. The second-order valence-corrected chi connectivity index (χ2v) is 2.82. The minimum atomic E-state index is -0.833. The van der Waals surface area contributed by atoms with Crippen LogP contribution in [0.2, 0.25) is 0 Å². The summed E-state index contributed by atoms with van der Waals surface area (Å²) < 4.78 is 14.1. The predicted octanol–water partition coefficient (Wildman–Crippen LogP) is 1.72. The SMILES string of the molecule is CC(=O)O.CCOCC.CCOCCC(=O)OC. The Balaban J connectivity index is -0.000000212. The summed E-state index contributed by atoms with van der Waals surface area (Å²) in [6.07, 6.45) is 0.352. The van der Waals surface area contributed by atoms with Gasteiger partial charge in [0.25, 0.3) is 5.97 Å². The van der Waals surface area contributed by atoms with Crippen molar-refractivity contribution in [3.63, 3.8) is 0 Å². The number of carboxylic acids is 1. The highest BCUT2D eigenvalue weighted by Crippen LogP contribution is 1.84. The molecule has 0 aromatic carbocycles. The number of hydrogen-bond donors (Lipinski definition) is 1. The van der Waals surface area contributed by atoms with Crippen LogP contribution in [0.15, 0.2) is 0 Å². The molecule has 1 N–H and O–H groups in total. The summed E-state index contributed by atoms with van der Waals surface area (Å²) >= 11 is 0. The fraction of sp³-hybridized carbons (Fsp3) is 0.833. The maximum atomic E-state index is 10.4. The van der Waals surface area contributed by atoms with Crippen LogP contribution < -0.4 is 0 Å². The summed E-state index contributed by atoms with van der Waals surface area (Å²) in [6.45, 7) is 9.75. The molecule has 0 heterocycles. The van der Waals surface area contributed by atoms with E-state index in [9.17, 15) is 4.79 Å². The van der Waals surface area contributed by atoms with Crippen molar-refractivity contribution in [3.05, 3.63) is 0 Å². The van der Waals surface area contributed by atoms with E-state index in [2.05, 4.69) is 4.74 Å². The van der Waals surface area contributed by atoms with E-state index in [0.29, 0.717) is 19.6 Å². The number of carbonyl (C=O) groups is 2. The highest BCUT2D eigenvalue weighted by molar-refractivity contribution is 5.69. The second-order valence-electron chi connectivity index (χ2n) is 2.82. The number of carbonyl (C=O) groups excluding carboxylic acids is 1. The molecule has 0 aliphatic carbocycles. The van der Waals surface area contributed by atoms with Crippen molar-refractivity contribution in [2.45, 2.75) is 34.1 Å². The van der Waals surface area contributed by atoms with Gasteiger partial charge in [0, 0.05) is 26.7 Å². The first-order valence-electron chi connectivity index (χ1n) is 5.87. The number of methoxy groups -OCH3 is 1. The molecule has 0 saturated heterocycles. The molecule has 0 amide bonds. The van der Waals surface area contributed by atoms with Gasteiger partial charge in [0.15, 0.2) is 0 Å². The van der Waals surface area contributed by atoms with Gasteiger partial charge in [-0.15, -0.1) is 0 Å². The molecule has 6 nitrogen and oxygen atoms in total. The lowest BCUT2D eigenvalue weighted by Crippen LogP contribution is -2.05. The Kier molecular flexibility index (Phi) is 26.0. The number of rotatable bonds is 6. The average molecular weight is 266 g/mol. The van der Waals surface area contributed by atoms with Crippen LogP contribution in [0.1, 0.15) is 34.1 Å². The van der Waals surface area contributed by atoms with Crippen molar-refractivity contribution < 1.29 is 28.9 Å². The van der Waals surface area contributed by atoms with Crippen LogP contribution >= 0.6 is 0 Å². The first-order chi connectivity index (χ1) is 8.45. The minimum absolute atomic E-state index is 0.219. The first kappa shape index (κ1) is 22.1. The minimum Gasteiger partial charge on any atom is -0.481 e. The molecule has 0 unspecified atom stereocenters. The van der Waals surface area contributed by atoms with Crippen LogP contribution in [0.25, 0.3) is 0 Å². The van der Waals surface area contributed by atoms with Crippen LogP contribution in [-0.4, -0.2) is 50.6 Å². The van der Waals surface area contributed by atoms with E-state index in [1.54, 1.807) is 0 Å². The lowest BCUT2D eigenvalue weighted by atomic mass is 10.5. The monoisotopic (exact) mass is 266 g/mol. The lowest BCUT2D eigenvalue weighted by molar-refractivity contribution is -0.141. The summed E-state index contributed by atoms with van der Waals surface area (Å²) in [5, 5.41) is 7.42. The molecule has 6 heteroatoms. The maximum Gasteiger partial charge on any atom is 0.307 e. The van der Waals surface area contributed by atoms with Gasteiger partial charge in [-0.25, -0.2) is 0 Å². The van der Waals surface area contributed by atoms with E-state index in [4.69, 9.17) is 19.4 Å². The Hall–Kier alpha value is -1.14. The molecule has 0 aromatic heterocycles. The Bertz CT molecular complexity index is 175. The zero-order valence-corrected chi connectivity index (χ0v) is 12.0. The van der Waals surface area contributed by atoms with E-state index in [0.717, 1.165) is 20.1 Å². The molecular formula is C12H26O6. The molecule has 0 radical (unpaired) electrons. The van der Waals surface area contributed by atoms with E-state index in [1.165, 1.54) is 7.11 Å². The fourth-order valence-electron chi connectivity index (χ4n) is 0.606. The molecule has 0 atom stereocenters. The van der Waals surface area contributed by atoms with Gasteiger partial charge in [-0.1, -0.05) is 0 Å². The number of esters is 1. The predicted molar refractivity (Wildman–Crippen MR) is 68.6 cm³/mol. The Labute approximate surface area is 109 Å². The molecule has 0 rings (SSSR count). The quantitative estimate of drug-likeness (QED) is 0.582. The lowest BCUT2D eigenvalue weighted by Gasteiger charge is -1.97. The van der Waals surface area contributed by atoms with Crippen LogP contribution in [0.3, 0.4) is 0 Å². The van der Waals surface area contributed by atoms with E-state index in [-0.39, 0.29) is 5.97 Å². The summed E-state index contributed by atoms with van der Waals surface area (Å²) in [5.41, 5.74) is 0. The van der Waals surface area contributed by atoms with Crippen LogP contribution in [0.5, 0.6) is 0 Å². The highest BCUT2D eigenvalue weighted by atomic mass is 16.5. The molecule has 18 heavy (non-hydrogen) atoms. The normalized spacial score (nSPS) is 8.28. The Morgan fingerprint density at radius 3 is 1.61 bits per heavy atom. The Morgan fingerprint density at radius 2 is 1.39 bits per heavy atom. The van der Waals surface area contributed by atoms with Crippen molar-refractivity contribution in [3.8, 4) is 0 Å². The third-order valence-corrected chi connectivity index (χ3v) is 1.29. The van der Waals surface area contributed by atoms with Crippen molar-refractivity contribution in [2.24, 2.45) is 0 Å². The molecule has 0 aliphatic heterocycles. The van der Waals surface area contributed by atoms with Gasteiger partial charge in [0.05, 0.1) is 20.1 Å². The number of aliphatic carboxylic acids is 1. The number of hydrogen-bond acceptors (Lipinski definition) is 5. The van der Waals surface area contributed by atoms with E-state index in [1.807, 2.05) is 20.8 Å². The average Bonchev–Trinajstić information content (AvgIpc) is 2.30. The van der Waals surface area contributed by atoms with E-state index < -0.39 is 5.97 Å². The smallest absolute Gasteiger partial charge is 0.307 e. The van der Waals surface area contributed by atoms with Crippen molar-refractivity contribution in [1.29, 1.82) is 0 Å². The number of ether oxygens (including phenoxy) is 3. The third kappa shape index (κ3) is 46.2. The van der Waals surface area contributed by atoms with Crippen LogP contribution in [0, 0.1) is 0 Å². The molecule has 0 saturated carbocycles. The van der Waals surface area contributed by atoms with Crippen LogP contribution in [-0.2, 0) is 23.8 Å². The molecule has 0 bridgehead atoms. The molecule has 0 fully saturated rings. The summed E-state index contributed by atoms with van der Waals surface area (Å²) in [6, 6.07) is 0. The Morgan fingerprint density at radius 1 is 1.00 bits per heavy atom.